The number of benzene rings is 1. The first-order chi connectivity index (χ1) is 11.7. The lowest BCUT2D eigenvalue weighted by Crippen LogP contribution is -2.50. The summed E-state index contributed by atoms with van der Waals surface area (Å²) in [6.45, 7) is 3.82. The molecule has 1 atom stereocenters. The third-order valence-electron chi connectivity index (χ3n) is 3.34. The Balaban J connectivity index is 2.64. The number of likely N-dealkylation sites (N-methyl/N-ethyl adjacent to an activating group) is 1. The summed E-state index contributed by atoms with van der Waals surface area (Å²) >= 11 is 3.32. The molecule has 138 valence electrons. The van der Waals surface area contributed by atoms with Crippen LogP contribution in [0.5, 0.6) is 0 Å². The Kier molecular flexibility index (Phi) is 8.40. The molecule has 1 aromatic carbocycles. The molecule has 0 saturated heterocycles. The molecule has 0 heterocycles. The first-order valence-corrected chi connectivity index (χ1v) is 8.79. The molecule has 8 heteroatoms. The van der Waals surface area contributed by atoms with Crippen LogP contribution in [0, 0.1) is 5.92 Å². The van der Waals surface area contributed by atoms with Crippen LogP contribution >= 0.6 is 15.9 Å². The highest BCUT2D eigenvalue weighted by Crippen LogP contribution is 2.14. The van der Waals surface area contributed by atoms with Crippen molar-refractivity contribution in [2.75, 3.05) is 26.0 Å². The maximum absolute atomic E-state index is 12.3. The Labute approximate surface area is 156 Å². The lowest BCUT2D eigenvalue weighted by atomic mass is 10.0. The number of amides is 4. The summed E-state index contributed by atoms with van der Waals surface area (Å²) in [5.41, 5.74) is 0.618. The quantitative estimate of drug-likeness (QED) is 0.640. The Morgan fingerprint density at radius 3 is 2.24 bits per heavy atom. The van der Waals surface area contributed by atoms with E-state index in [0.717, 1.165) is 4.47 Å². The predicted octanol–water partition coefficient (Wildman–Crippen LogP) is 2.19. The maximum Gasteiger partial charge on any atom is 0.319 e. The standard InChI is InChI=1S/C17H25BrN4O3/c1-11(2)9-14(16(24)19-10-15(23)22(3)4)21-17(25)20-13-7-5-12(18)6-8-13/h5-8,11,14H,9-10H2,1-4H3,(H,19,24)(H2,20,21,25)/t14-/m0/s1. The van der Waals surface area contributed by atoms with Crippen molar-refractivity contribution in [2.24, 2.45) is 5.92 Å². The van der Waals surface area contributed by atoms with Crippen LogP contribution in [0.3, 0.4) is 0 Å². The van der Waals surface area contributed by atoms with E-state index >= 15 is 0 Å². The van der Waals surface area contributed by atoms with Crippen molar-refractivity contribution >= 4 is 39.5 Å². The molecule has 0 spiro atoms. The third kappa shape index (κ3) is 8.02. The van der Waals surface area contributed by atoms with E-state index in [0.29, 0.717) is 12.1 Å². The van der Waals surface area contributed by atoms with Crippen molar-refractivity contribution in [1.29, 1.82) is 0 Å². The van der Waals surface area contributed by atoms with Crippen LogP contribution in [-0.2, 0) is 9.59 Å². The van der Waals surface area contributed by atoms with Crippen LogP contribution in [0.1, 0.15) is 20.3 Å². The molecular weight excluding hydrogens is 388 g/mol. The van der Waals surface area contributed by atoms with Crippen molar-refractivity contribution in [1.82, 2.24) is 15.5 Å². The van der Waals surface area contributed by atoms with Crippen LogP contribution in [-0.4, -0.2) is 49.4 Å². The smallest absolute Gasteiger partial charge is 0.319 e. The summed E-state index contributed by atoms with van der Waals surface area (Å²) < 4.78 is 0.904. The molecule has 0 aliphatic carbocycles. The minimum absolute atomic E-state index is 0.101. The number of carbonyl (C=O) groups excluding carboxylic acids is 3. The second-order valence-corrected chi connectivity index (χ2v) is 7.21. The topological polar surface area (TPSA) is 90.5 Å². The largest absolute Gasteiger partial charge is 0.347 e. The Morgan fingerprint density at radius 2 is 1.72 bits per heavy atom. The third-order valence-corrected chi connectivity index (χ3v) is 3.87. The summed E-state index contributed by atoms with van der Waals surface area (Å²) in [6, 6.07) is 5.92. The van der Waals surface area contributed by atoms with Gasteiger partial charge in [-0.3, -0.25) is 9.59 Å². The molecular formula is C17H25BrN4O3. The van der Waals surface area contributed by atoms with Gasteiger partial charge in [-0.2, -0.15) is 0 Å². The van der Waals surface area contributed by atoms with E-state index in [9.17, 15) is 14.4 Å². The fourth-order valence-electron chi connectivity index (χ4n) is 2.01. The van der Waals surface area contributed by atoms with E-state index in [1.807, 2.05) is 13.8 Å². The second-order valence-electron chi connectivity index (χ2n) is 6.29. The highest BCUT2D eigenvalue weighted by Gasteiger charge is 2.22. The number of nitrogens with one attached hydrogen (secondary N) is 3. The molecule has 0 unspecified atom stereocenters. The molecule has 0 fully saturated rings. The average molecular weight is 413 g/mol. The Hall–Kier alpha value is -2.09. The molecule has 0 aromatic heterocycles. The minimum Gasteiger partial charge on any atom is -0.347 e. The van der Waals surface area contributed by atoms with E-state index in [1.54, 1.807) is 38.4 Å². The van der Waals surface area contributed by atoms with Crippen molar-refractivity contribution in [3.63, 3.8) is 0 Å². The highest BCUT2D eigenvalue weighted by molar-refractivity contribution is 9.10. The predicted molar refractivity (Wildman–Crippen MR) is 101 cm³/mol. The van der Waals surface area contributed by atoms with Crippen molar-refractivity contribution in [2.45, 2.75) is 26.3 Å². The van der Waals surface area contributed by atoms with E-state index in [4.69, 9.17) is 0 Å². The van der Waals surface area contributed by atoms with Gasteiger partial charge in [0.2, 0.25) is 11.8 Å². The van der Waals surface area contributed by atoms with Gasteiger partial charge in [-0.1, -0.05) is 29.8 Å². The van der Waals surface area contributed by atoms with E-state index in [2.05, 4.69) is 31.9 Å². The van der Waals surface area contributed by atoms with Gasteiger partial charge < -0.3 is 20.9 Å². The van der Waals surface area contributed by atoms with Gasteiger partial charge in [-0.15, -0.1) is 0 Å². The summed E-state index contributed by atoms with van der Waals surface area (Å²) in [7, 11) is 3.23. The van der Waals surface area contributed by atoms with Gasteiger partial charge in [0.25, 0.3) is 0 Å². The average Bonchev–Trinajstić information content (AvgIpc) is 2.53. The second kappa shape index (κ2) is 10.0. The van der Waals surface area contributed by atoms with Crippen LogP contribution < -0.4 is 16.0 Å². The van der Waals surface area contributed by atoms with Gasteiger partial charge >= 0.3 is 6.03 Å². The number of nitrogens with zero attached hydrogens (tertiary/aromatic N) is 1. The molecule has 0 aliphatic heterocycles. The first-order valence-electron chi connectivity index (χ1n) is 8.00. The number of halogens is 1. The number of urea groups is 1. The van der Waals surface area contributed by atoms with Crippen molar-refractivity contribution in [3.05, 3.63) is 28.7 Å². The van der Waals surface area contributed by atoms with Gasteiger partial charge in [-0.25, -0.2) is 4.79 Å². The van der Waals surface area contributed by atoms with Gasteiger partial charge in [0.15, 0.2) is 0 Å². The van der Waals surface area contributed by atoms with Crippen LogP contribution in [0.2, 0.25) is 0 Å². The van der Waals surface area contributed by atoms with E-state index in [-0.39, 0.29) is 24.3 Å². The van der Waals surface area contributed by atoms with Crippen LogP contribution in [0.4, 0.5) is 10.5 Å². The normalized spacial score (nSPS) is 11.6. The zero-order valence-corrected chi connectivity index (χ0v) is 16.5. The fraction of sp³-hybridized carbons (Fsp3) is 0.471. The lowest BCUT2D eigenvalue weighted by Gasteiger charge is -2.21. The Morgan fingerprint density at radius 1 is 1.12 bits per heavy atom. The van der Waals surface area contributed by atoms with Gasteiger partial charge in [0.05, 0.1) is 6.54 Å². The first kappa shape index (κ1) is 21.0. The van der Waals surface area contributed by atoms with Crippen molar-refractivity contribution < 1.29 is 14.4 Å². The highest BCUT2D eigenvalue weighted by atomic mass is 79.9. The number of anilines is 1. The summed E-state index contributed by atoms with van der Waals surface area (Å²) in [5, 5.41) is 7.92. The lowest BCUT2D eigenvalue weighted by molar-refractivity contribution is -0.131. The van der Waals surface area contributed by atoms with Gasteiger partial charge in [-0.05, 0) is 36.6 Å². The molecule has 0 saturated carbocycles. The molecule has 0 aliphatic rings. The molecule has 7 nitrogen and oxygen atoms in total. The zero-order valence-electron chi connectivity index (χ0n) is 14.9. The monoisotopic (exact) mass is 412 g/mol. The maximum atomic E-state index is 12.3. The molecule has 0 radical (unpaired) electrons. The SMILES string of the molecule is CC(C)C[C@H](NC(=O)Nc1ccc(Br)cc1)C(=O)NCC(=O)N(C)C. The summed E-state index contributed by atoms with van der Waals surface area (Å²) in [4.78, 5) is 37.4. The fourth-order valence-corrected chi connectivity index (χ4v) is 2.27. The number of carbonyl (C=O) groups is 3. The zero-order chi connectivity index (χ0) is 19.0. The molecule has 4 amide bonds. The van der Waals surface area contributed by atoms with E-state index < -0.39 is 12.1 Å². The molecule has 3 N–H and O–H groups in total. The van der Waals surface area contributed by atoms with Gasteiger partial charge in [0, 0.05) is 24.3 Å². The summed E-state index contributed by atoms with van der Waals surface area (Å²) in [5.74, 6) is -0.390. The van der Waals surface area contributed by atoms with Crippen LogP contribution in [0.25, 0.3) is 0 Å². The molecule has 0 bridgehead atoms. The number of hydrogen-bond acceptors (Lipinski definition) is 3. The van der Waals surface area contributed by atoms with Crippen molar-refractivity contribution in [3.8, 4) is 0 Å². The van der Waals surface area contributed by atoms with Gasteiger partial charge in [0.1, 0.15) is 6.04 Å². The molecule has 25 heavy (non-hydrogen) atoms. The number of rotatable bonds is 7. The van der Waals surface area contributed by atoms with E-state index in [1.165, 1.54) is 4.90 Å². The molecule has 1 aromatic rings. The summed E-state index contributed by atoms with van der Waals surface area (Å²) in [6.07, 6.45) is 0.468. The van der Waals surface area contributed by atoms with Crippen LogP contribution in [0.15, 0.2) is 28.7 Å². The number of hydrogen-bond donors (Lipinski definition) is 3. The Bertz CT molecular complexity index is 602. The minimum atomic E-state index is -0.717. The molecule has 1 rings (SSSR count).